The zero-order valence-electron chi connectivity index (χ0n) is 10.6. The lowest BCUT2D eigenvalue weighted by atomic mass is 10.1. The molecule has 0 aliphatic heterocycles. The molecule has 1 amide bonds. The third-order valence-electron chi connectivity index (χ3n) is 2.82. The van der Waals surface area contributed by atoms with Crippen LogP contribution in [0.1, 0.15) is 0 Å². The molecule has 94 valence electrons. The Balaban J connectivity index is 2.41. The van der Waals surface area contributed by atoms with Crippen LogP contribution >= 0.6 is 0 Å². The molecule has 4 nitrogen and oxygen atoms in total. The van der Waals surface area contributed by atoms with Gasteiger partial charge in [-0.3, -0.25) is 9.80 Å². The van der Waals surface area contributed by atoms with E-state index in [9.17, 15) is 4.79 Å². The highest BCUT2D eigenvalue weighted by atomic mass is 16.1. The van der Waals surface area contributed by atoms with Crippen molar-refractivity contribution < 1.29 is 4.79 Å². The lowest BCUT2D eigenvalue weighted by Crippen LogP contribution is -2.42. The summed E-state index contributed by atoms with van der Waals surface area (Å²) in [5.41, 5.74) is 6.23. The third-order valence-corrected chi connectivity index (χ3v) is 2.82. The van der Waals surface area contributed by atoms with Gasteiger partial charge in [-0.1, -0.05) is 30.3 Å². The molecule has 2 N–H and O–H groups in total. The molecule has 0 aromatic heterocycles. The molecule has 18 heavy (non-hydrogen) atoms. The van der Waals surface area contributed by atoms with E-state index in [2.05, 4.69) is 18.2 Å². The number of carbonyl (C=O) groups is 1. The molecule has 0 aliphatic rings. The van der Waals surface area contributed by atoms with Crippen LogP contribution in [0.3, 0.4) is 0 Å². The second-order valence-corrected chi connectivity index (χ2v) is 4.40. The number of anilines is 1. The van der Waals surface area contributed by atoms with E-state index in [1.807, 2.05) is 48.4 Å². The van der Waals surface area contributed by atoms with Gasteiger partial charge in [-0.15, -0.1) is 0 Å². The molecule has 2 aromatic rings. The first kappa shape index (κ1) is 12.4. The number of primary amides is 1. The Morgan fingerprint density at radius 2 is 1.78 bits per heavy atom. The maximum absolute atomic E-state index is 11.1. The molecule has 0 radical (unpaired) electrons. The van der Waals surface area contributed by atoms with Crippen LogP contribution in [0.5, 0.6) is 0 Å². The summed E-state index contributed by atoms with van der Waals surface area (Å²) < 4.78 is 0. The number of benzene rings is 2. The highest BCUT2D eigenvalue weighted by molar-refractivity contribution is 5.87. The molecule has 0 saturated carbocycles. The van der Waals surface area contributed by atoms with Gasteiger partial charge in [-0.05, 0) is 22.9 Å². The number of nitrogens with two attached hydrogens (primary N) is 1. The quantitative estimate of drug-likeness (QED) is 0.830. The molecular weight excluding hydrogens is 226 g/mol. The molecular formula is C14H17N3O. The van der Waals surface area contributed by atoms with Gasteiger partial charge in [-0.2, -0.15) is 0 Å². The van der Waals surface area contributed by atoms with Crippen LogP contribution in [0.15, 0.2) is 42.5 Å². The minimum Gasteiger partial charge on any atom is -0.368 e. The average molecular weight is 243 g/mol. The predicted molar refractivity (Wildman–Crippen MR) is 74.2 cm³/mol. The molecule has 4 heteroatoms. The fourth-order valence-corrected chi connectivity index (χ4v) is 1.95. The van der Waals surface area contributed by atoms with Crippen molar-refractivity contribution in [2.45, 2.75) is 0 Å². The largest absolute Gasteiger partial charge is 0.368 e. The van der Waals surface area contributed by atoms with Gasteiger partial charge in [0.25, 0.3) is 0 Å². The van der Waals surface area contributed by atoms with E-state index < -0.39 is 0 Å². The summed E-state index contributed by atoms with van der Waals surface area (Å²) in [7, 11) is 3.77. The van der Waals surface area contributed by atoms with Crippen LogP contribution in [0.4, 0.5) is 5.69 Å². The summed E-state index contributed by atoms with van der Waals surface area (Å²) in [4.78, 5) is 11.1. The van der Waals surface area contributed by atoms with Crippen LogP contribution in [0.2, 0.25) is 0 Å². The summed E-state index contributed by atoms with van der Waals surface area (Å²) in [6.07, 6.45) is 0. The van der Waals surface area contributed by atoms with Gasteiger partial charge in [0.15, 0.2) is 0 Å². The molecule has 0 bridgehead atoms. The zero-order valence-corrected chi connectivity index (χ0v) is 10.6. The van der Waals surface area contributed by atoms with E-state index >= 15 is 0 Å². The van der Waals surface area contributed by atoms with Crippen molar-refractivity contribution in [2.75, 3.05) is 25.6 Å². The van der Waals surface area contributed by atoms with Gasteiger partial charge in [0.1, 0.15) is 6.54 Å². The molecule has 0 aliphatic carbocycles. The van der Waals surface area contributed by atoms with Gasteiger partial charge in [0, 0.05) is 14.1 Å². The summed E-state index contributed by atoms with van der Waals surface area (Å²) >= 11 is 0. The molecule has 2 rings (SSSR count). The number of hydrogen-bond acceptors (Lipinski definition) is 3. The Morgan fingerprint density at radius 3 is 2.39 bits per heavy atom. The fourth-order valence-electron chi connectivity index (χ4n) is 1.95. The van der Waals surface area contributed by atoms with Gasteiger partial charge in [0.05, 0.1) is 5.69 Å². The number of fused-ring (bicyclic) bond motifs is 1. The van der Waals surface area contributed by atoms with E-state index in [-0.39, 0.29) is 12.5 Å². The summed E-state index contributed by atoms with van der Waals surface area (Å²) in [5.74, 6) is -0.350. The van der Waals surface area contributed by atoms with Crippen molar-refractivity contribution in [2.24, 2.45) is 5.73 Å². The number of hydrogen-bond donors (Lipinski definition) is 1. The first-order valence-corrected chi connectivity index (χ1v) is 5.80. The lowest BCUT2D eigenvalue weighted by molar-refractivity contribution is -0.117. The molecule has 0 atom stereocenters. The first-order valence-electron chi connectivity index (χ1n) is 5.80. The Kier molecular flexibility index (Phi) is 3.48. The topological polar surface area (TPSA) is 49.6 Å². The maximum atomic E-state index is 11.1. The lowest BCUT2D eigenvalue weighted by Gasteiger charge is -2.30. The van der Waals surface area contributed by atoms with E-state index in [1.54, 1.807) is 0 Å². The number of rotatable bonds is 4. The fraction of sp³-hybridized carbons (Fsp3) is 0.214. The van der Waals surface area contributed by atoms with Crippen molar-refractivity contribution in [1.82, 2.24) is 5.01 Å². The van der Waals surface area contributed by atoms with Crippen LogP contribution in [-0.4, -0.2) is 31.6 Å². The Morgan fingerprint density at radius 1 is 1.11 bits per heavy atom. The monoisotopic (exact) mass is 243 g/mol. The Labute approximate surface area is 107 Å². The summed E-state index contributed by atoms with van der Waals surface area (Å²) in [5, 5.41) is 6.02. The van der Waals surface area contributed by atoms with Gasteiger partial charge < -0.3 is 5.73 Å². The van der Waals surface area contributed by atoms with Gasteiger partial charge in [-0.25, -0.2) is 5.01 Å². The van der Waals surface area contributed by atoms with Crippen molar-refractivity contribution in [3.63, 3.8) is 0 Å². The van der Waals surface area contributed by atoms with Crippen molar-refractivity contribution in [3.05, 3.63) is 42.5 Å². The molecule has 0 unspecified atom stereocenters. The standard InChI is InChI=1S/C14H17N3O/c1-16(2)17(10-14(15)18)13-8-7-11-5-3-4-6-12(11)9-13/h3-9H,10H2,1-2H3,(H2,15,18). The Hall–Kier alpha value is -2.07. The Bertz CT molecular complexity index is 566. The molecule has 0 fully saturated rings. The number of hydrazine groups is 1. The molecule has 2 aromatic carbocycles. The molecule has 0 heterocycles. The van der Waals surface area contributed by atoms with Gasteiger partial charge >= 0.3 is 0 Å². The van der Waals surface area contributed by atoms with E-state index in [0.29, 0.717) is 0 Å². The zero-order chi connectivity index (χ0) is 13.1. The highest BCUT2D eigenvalue weighted by Gasteiger charge is 2.11. The molecule has 0 saturated heterocycles. The first-order chi connectivity index (χ1) is 8.58. The SMILES string of the molecule is CN(C)N(CC(N)=O)c1ccc2ccccc2c1. The minimum atomic E-state index is -0.350. The van der Waals surface area contributed by atoms with Crippen LogP contribution in [0.25, 0.3) is 10.8 Å². The van der Waals surface area contributed by atoms with Crippen LogP contribution < -0.4 is 10.7 Å². The summed E-state index contributed by atoms with van der Waals surface area (Å²) in [6, 6.07) is 14.2. The third kappa shape index (κ3) is 2.60. The van der Waals surface area contributed by atoms with Crippen molar-refractivity contribution >= 4 is 22.4 Å². The number of amides is 1. The van der Waals surface area contributed by atoms with Crippen molar-refractivity contribution in [1.29, 1.82) is 0 Å². The summed E-state index contributed by atoms with van der Waals surface area (Å²) in [6.45, 7) is 0.172. The van der Waals surface area contributed by atoms with Crippen LogP contribution in [-0.2, 0) is 4.79 Å². The van der Waals surface area contributed by atoms with E-state index in [1.165, 1.54) is 5.39 Å². The van der Waals surface area contributed by atoms with Crippen molar-refractivity contribution in [3.8, 4) is 0 Å². The average Bonchev–Trinajstić information content (AvgIpc) is 2.35. The van der Waals surface area contributed by atoms with Gasteiger partial charge in [0.2, 0.25) is 5.91 Å². The molecule has 0 spiro atoms. The van der Waals surface area contributed by atoms with E-state index in [0.717, 1.165) is 11.1 Å². The normalized spacial score (nSPS) is 10.8. The second-order valence-electron chi connectivity index (χ2n) is 4.40. The number of carbonyl (C=O) groups excluding carboxylic acids is 1. The predicted octanol–water partition coefficient (Wildman–Crippen LogP) is 1.61. The smallest absolute Gasteiger partial charge is 0.238 e. The highest BCUT2D eigenvalue weighted by Crippen LogP contribution is 2.22. The minimum absolute atomic E-state index is 0.172. The second kappa shape index (κ2) is 5.06. The van der Waals surface area contributed by atoms with E-state index in [4.69, 9.17) is 5.73 Å². The number of nitrogens with zero attached hydrogens (tertiary/aromatic N) is 2. The van der Waals surface area contributed by atoms with Crippen LogP contribution in [0, 0.1) is 0 Å². The maximum Gasteiger partial charge on any atom is 0.238 e.